The molecule has 0 aromatic rings. The van der Waals surface area contributed by atoms with E-state index in [9.17, 15) is 15.0 Å². The molecule has 1 heterocycles. The molecule has 1 fully saturated rings. The minimum Gasteiger partial charge on any atom is -0.394 e. The van der Waals surface area contributed by atoms with Crippen molar-refractivity contribution in [2.75, 3.05) is 6.61 Å². The van der Waals surface area contributed by atoms with Crippen molar-refractivity contribution in [1.82, 2.24) is 10.6 Å². The summed E-state index contributed by atoms with van der Waals surface area (Å²) >= 11 is 0. The Morgan fingerprint density at radius 3 is 2.39 bits per heavy atom. The van der Waals surface area contributed by atoms with Crippen molar-refractivity contribution in [1.29, 1.82) is 0 Å². The molecule has 5 atom stereocenters. The highest BCUT2D eigenvalue weighted by atomic mass is 16.5. The first-order valence-corrected chi connectivity index (χ1v) is 6.02. The third kappa shape index (κ3) is 3.63. The molecule has 0 bridgehead atoms. The Morgan fingerprint density at radius 1 is 1.33 bits per heavy atom. The van der Waals surface area contributed by atoms with Gasteiger partial charge in [-0.2, -0.15) is 0 Å². The normalized spacial score (nSPS) is 36.7. The molecule has 7 heteroatoms. The predicted molar refractivity (Wildman–Crippen MR) is 63.6 cm³/mol. The summed E-state index contributed by atoms with van der Waals surface area (Å²) in [4.78, 5) is 11.1. The van der Waals surface area contributed by atoms with Gasteiger partial charge >= 0.3 is 0 Å². The van der Waals surface area contributed by atoms with Gasteiger partial charge in [0.05, 0.1) is 12.6 Å². The number of carbonyl (C=O) groups is 1. The average Bonchev–Trinajstić information content (AvgIpc) is 2.27. The van der Waals surface area contributed by atoms with E-state index in [-0.39, 0.29) is 11.9 Å². The van der Waals surface area contributed by atoms with E-state index in [0.717, 1.165) is 0 Å². The Bertz CT molecular complexity index is 287. The first kappa shape index (κ1) is 15.3. The zero-order chi connectivity index (χ0) is 13.9. The molecule has 0 radical (unpaired) electrons. The molecular weight excluding hydrogens is 240 g/mol. The highest BCUT2D eigenvalue weighted by Crippen LogP contribution is 2.20. The minimum absolute atomic E-state index is 0.0630. The van der Waals surface area contributed by atoms with E-state index < -0.39 is 37.2 Å². The van der Waals surface area contributed by atoms with E-state index in [1.165, 1.54) is 6.92 Å². The van der Waals surface area contributed by atoms with E-state index in [2.05, 4.69) is 10.6 Å². The average molecular weight is 262 g/mol. The molecule has 0 aromatic carbocycles. The zero-order valence-electron chi connectivity index (χ0n) is 10.8. The summed E-state index contributed by atoms with van der Waals surface area (Å²) in [7, 11) is 0. The van der Waals surface area contributed by atoms with E-state index in [4.69, 9.17) is 9.84 Å². The van der Waals surface area contributed by atoms with Gasteiger partial charge in [-0.25, -0.2) is 0 Å². The van der Waals surface area contributed by atoms with Crippen LogP contribution in [-0.2, 0) is 9.53 Å². The van der Waals surface area contributed by atoms with E-state index >= 15 is 0 Å². The van der Waals surface area contributed by atoms with Gasteiger partial charge in [-0.05, 0) is 13.8 Å². The summed E-state index contributed by atoms with van der Waals surface area (Å²) in [6.45, 7) is 4.70. The SMILES string of the molecule is CC(=O)N[C@@H]1[C@@H](O)[C@@H](O)[C@@H](CO)O[C@@H]1NC(C)C. The Hall–Kier alpha value is -0.730. The second-order valence-corrected chi connectivity index (χ2v) is 4.81. The van der Waals surface area contributed by atoms with Crippen molar-refractivity contribution < 1.29 is 24.9 Å². The van der Waals surface area contributed by atoms with Gasteiger partial charge in [-0.3, -0.25) is 10.1 Å². The summed E-state index contributed by atoms with van der Waals surface area (Å²) in [5.74, 6) is -0.326. The van der Waals surface area contributed by atoms with Gasteiger partial charge in [0.25, 0.3) is 0 Å². The topological polar surface area (TPSA) is 111 Å². The smallest absolute Gasteiger partial charge is 0.217 e. The molecule has 0 aliphatic carbocycles. The van der Waals surface area contributed by atoms with Crippen LogP contribution in [0.1, 0.15) is 20.8 Å². The van der Waals surface area contributed by atoms with Crippen molar-refractivity contribution in [2.45, 2.75) is 57.4 Å². The summed E-state index contributed by atoms with van der Waals surface area (Å²) in [6.07, 6.45) is -3.97. The molecule has 1 aliphatic heterocycles. The molecule has 7 nitrogen and oxygen atoms in total. The van der Waals surface area contributed by atoms with Crippen LogP contribution in [0.3, 0.4) is 0 Å². The lowest BCUT2D eigenvalue weighted by Crippen LogP contribution is -2.68. The third-order valence-corrected chi connectivity index (χ3v) is 2.79. The van der Waals surface area contributed by atoms with E-state index in [1.54, 1.807) is 0 Å². The lowest BCUT2D eigenvalue weighted by Gasteiger charge is -2.43. The molecule has 0 aromatic heterocycles. The molecule has 1 amide bonds. The molecule has 18 heavy (non-hydrogen) atoms. The maximum absolute atomic E-state index is 11.1. The van der Waals surface area contributed by atoms with Gasteiger partial charge in [-0.1, -0.05) is 0 Å². The molecule has 0 saturated carbocycles. The Morgan fingerprint density at radius 2 is 1.94 bits per heavy atom. The summed E-state index contributed by atoms with van der Waals surface area (Å²) in [5, 5.41) is 34.4. The van der Waals surface area contributed by atoms with Crippen molar-refractivity contribution >= 4 is 5.91 Å². The van der Waals surface area contributed by atoms with Crippen LogP contribution in [0.15, 0.2) is 0 Å². The highest BCUT2D eigenvalue weighted by Gasteiger charge is 2.44. The Kier molecular flexibility index (Phi) is 5.48. The highest BCUT2D eigenvalue weighted by molar-refractivity contribution is 5.73. The van der Waals surface area contributed by atoms with Crippen molar-refractivity contribution in [3.63, 3.8) is 0 Å². The van der Waals surface area contributed by atoms with Gasteiger partial charge in [0, 0.05) is 13.0 Å². The van der Waals surface area contributed by atoms with Crippen LogP contribution in [0.5, 0.6) is 0 Å². The number of hydrogen-bond acceptors (Lipinski definition) is 6. The lowest BCUT2D eigenvalue weighted by molar-refractivity contribution is -0.203. The van der Waals surface area contributed by atoms with Crippen LogP contribution in [0.25, 0.3) is 0 Å². The molecule has 0 unspecified atom stereocenters. The number of amides is 1. The lowest BCUT2D eigenvalue weighted by atomic mass is 9.95. The molecule has 1 rings (SSSR count). The molecule has 0 spiro atoms. The number of aliphatic hydroxyl groups excluding tert-OH is 3. The monoisotopic (exact) mass is 262 g/mol. The van der Waals surface area contributed by atoms with Crippen LogP contribution in [0.2, 0.25) is 0 Å². The summed E-state index contributed by atoms with van der Waals surface area (Å²) < 4.78 is 5.46. The van der Waals surface area contributed by atoms with Gasteiger partial charge < -0.3 is 25.4 Å². The maximum Gasteiger partial charge on any atom is 0.217 e. The van der Waals surface area contributed by atoms with Crippen molar-refractivity contribution in [3.05, 3.63) is 0 Å². The number of nitrogens with one attached hydrogen (secondary N) is 2. The largest absolute Gasteiger partial charge is 0.394 e. The second-order valence-electron chi connectivity index (χ2n) is 4.81. The van der Waals surface area contributed by atoms with Gasteiger partial charge in [0.1, 0.15) is 24.5 Å². The molecular formula is C11H22N2O5. The standard InChI is InChI=1S/C11H22N2O5/c1-5(2)12-11-8(13-6(3)15)10(17)9(16)7(4-14)18-11/h5,7-12,14,16-17H,4H2,1-3H3,(H,13,15)/t7-,8-,9+,10-,11+/m1/s1. The fraction of sp³-hybridized carbons (Fsp3) is 0.909. The summed E-state index contributed by atoms with van der Waals surface area (Å²) in [6, 6.07) is -0.698. The predicted octanol–water partition coefficient (Wildman–Crippen LogP) is -2.07. The second kappa shape index (κ2) is 6.44. The third-order valence-electron chi connectivity index (χ3n) is 2.79. The first-order valence-electron chi connectivity index (χ1n) is 6.02. The van der Waals surface area contributed by atoms with E-state index in [1.807, 2.05) is 13.8 Å². The number of carbonyl (C=O) groups excluding carboxylic acids is 1. The number of ether oxygens (including phenoxy) is 1. The van der Waals surface area contributed by atoms with Crippen LogP contribution < -0.4 is 10.6 Å². The van der Waals surface area contributed by atoms with Gasteiger partial charge in [0.15, 0.2) is 0 Å². The number of hydrogen-bond donors (Lipinski definition) is 5. The number of rotatable bonds is 4. The number of aliphatic hydroxyl groups is 3. The first-order chi connectivity index (χ1) is 8.36. The Labute approximate surface area is 106 Å². The molecule has 106 valence electrons. The Balaban J connectivity index is 2.83. The zero-order valence-corrected chi connectivity index (χ0v) is 10.8. The van der Waals surface area contributed by atoms with Gasteiger partial charge in [0.2, 0.25) is 5.91 Å². The molecule has 5 N–H and O–H groups in total. The fourth-order valence-electron chi connectivity index (χ4n) is 1.98. The maximum atomic E-state index is 11.1. The minimum atomic E-state index is -1.24. The quantitative estimate of drug-likeness (QED) is 0.398. The van der Waals surface area contributed by atoms with Crippen LogP contribution in [-0.4, -0.2) is 64.5 Å². The van der Waals surface area contributed by atoms with E-state index in [0.29, 0.717) is 0 Å². The van der Waals surface area contributed by atoms with Crippen LogP contribution in [0.4, 0.5) is 0 Å². The van der Waals surface area contributed by atoms with Crippen LogP contribution >= 0.6 is 0 Å². The summed E-state index contributed by atoms with van der Waals surface area (Å²) in [5.41, 5.74) is 0. The molecule has 1 saturated heterocycles. The van der Waals surface area contributed by atoms with Crippen molar-refractivity contribution in [2.24, 2.45) is 0 Å². The molecule has 1 aliphatic rings. The fourth-order valence-corrected chi connectivity index (χ4v) is 1.98. The van der Waals surface area contributed by atoms with Gasteiger partial charge in [-0.15, -0.1) is 0 Å². The van der Waals surface area contributed by atoms with Crippen LogP contribution in [0, 0.1) is 0 Å². The van der Waals surface area contributed by atoms with Crippen molar-refractivity contribution in [3.8, 4) is 0 Å².